The monoisotopic (exact) mass is 293 g/mol. The Hall–Kier alpha value is -1.86. The number of aromatic hydroxyl groups is 1. The van der Waals surface area contributed by atoms with Gasteiger partial charge in [-0.25, -0.2) is 9.18 Å². The number of benzene rings is 1. The third-order valence-corrected chi connectivity index (χ3v) is 2.38. The molecule has 0 radical (unpaired) electrons. The van der Waals surface area contributed by atoms with Crippen molar-refractivity contribution < 1.29 is 28.9 Å². The minimum absolute atomic E-state index is 0. The van der Waals surface area contributed by atoms with Crippen LogP contribution in [0.15, 0.2) is 12.1 Å². The standard InChI is InChI=1S/C11H12FNO5.ClH/c1-18-8(14)4-7(13)9-6(12)3-2-5(10(9)15)11(16)17;/h2-3,7,15H,4,13H2,1H3,(H,16,17);1H/t7-;/m1./s1. The van der Waals surface area contributed by atoms with E-state index in [1.54, 1.807) is 0 Å². The van der Waals surface area contributed by atoms with E-state index >= 15 is 0 Å². The molecule has 0 fully saturated rings. The predicted octanol–water partition coefficient (Wildman–Crippen LogP) is 1.21. The van der Waals surface area contributed by atoms with Gasteiger partial charge in [-0.05, 0) is 12.1 Å². The molecule has 0 aliphatic carbocycles. The molecule has 0 heterocycles. The first-order chi connectivity index (χ1) is 8.38. The minimum Gasteiger partial charge on any atom is -0.507 e. The second kappa shape index (κ2) is 6.91. The third kappa shape index (κ3) is 3.80. The molecule has 0 amide bonds. The van der Waals surface area contributed by atoms with Crippen LogP contribution in [0.25, 0.3) is 0 Å². The van der Waals surface area contributed by atoms with Crippen LogP contribution in [0.2, 0.25) is 0 Å². The maximum atomic E-state index is 13.5. The normalized spacial score (nSPS) is 11.3. The molecule has 106 valence electrons. The van der Waals surface area contributed by atoms with Crippen molar-refractivity contribution in [3.63, 3.8) is 0 Å². The summed E-state index contributed by atoms with van der Waals surface area (Å²) in [4.78, 5) is 21.8. The molecule has 1 atom stereocenters. The predicted molar refractivity (Wildman–Crippen MR) is 65.8 cm³/mol. The van der Waals surface area contributed by atoms with Crippen molar-refractivity contribution in [2.24, 2.45) is 5.73 Å². The van der Waals surface area contributed by atoms with Gasteiger partial charge in [0.25, 0.3) is 0 Å². The first-order valence-electron chi connectivity index (χ1n) is 4.95. The Morgan fingerprint density at radius 3 is 2.53 bits per heavy atom. The summed E-state index contributed by atoms with van der Waals surface area (Å²) in [6, 6.07) is 0.605. The Morgan fingerprint density at radius 1 is 1.47 bits per heavy atom. The number of phenols is 1. The lowest BCUT2D eigenvalue weighted by Gasteiger charge is -2.14. The first-order valence-corrected chi connectivity index (χ1v) is 4.95. The van der Waals surface area contributed by atoms with Crippen molar-refractivity contribution in [1.29, 1.82) is 0 Å². The van der Waals surface area contributed by atoms with Gasteiger partial charge in [-0.15, -0.1) is 12.4 Å². The molecule has 0 aliphatic rings. The lowest BCUT2D eigenvalue weighted by molar-refractivity contribution is -0.141. The number of carboxylic acid groups (broad SMARTS) is 1. The highest BCUT2D eigenvalue weighted by atomic mass is 35.5. The molecule has 0 saturated carbocycles. The van der Waals surface area contributed by atoms with Crippen LogP contribution in [0.1, 0.15) is 28.4 Å². The number of rotatable bonds is 4. The molecule has 1 rings (SSSR count). The van der Waals surface area contributed by atoms with E-state index in [-0.39, 0.29) is 18.8 Å². The SMILES string of the molecule is COC(=O)C[C@@H](N)c1c(F)ccc(C(=O)O)c1O.Cl. The topological polar surface area (TPSA) is 110 Å². The van der Waals surface area contributed by atoms with E-state index in [0.717, 1.165) is 19.2 Å². The van der Waals surface area contributed by atoms with Crippen LogP contribution in [0.5, 0.6) is 5.75 Å². The molecule has 0 saturated heterocycles. The van der Waals surface area contributed by atoms with Crippen molar-refractivity contribution >= 4 is 24.3 Å². The maximum absolute atomic E-state index is 13.5. The van der Waals surface area contributed by atoms with Crippen LogP contribution in [-0.4, -0.2) is 29.3 Å². The molecule has 0 aliphatic heterocycles. The van der Waals surface area contributed by atoms with Gasteiger partial charge in [-0.2, -0.15) is 0 Å². The number of carbonyl (C=O) groups excluding carboxylic acids is 1. The lowest BCUT2D eigenvalue weighted by atomic mass is 9.99. The number of carboxylic acids is 1. The van der Waals surface area contributed by atoms with Crippen molar-refractivity contribution in [3.05, 3.63) is 29.1 Å². The van der Waals surface area contributed by atoms with Crippen LogP contribution >= 0.6 is 12.4 Å². The number of carbonyl (C=O) groups is 2. The average molecular weight is 294 g/mol. The summed E-state index contributed by atoms with van der Waals surface area (Å²) in [5, 5.41) is 18.4. The van der Waals surface area contributed by atoms with E-state index in [9.17, 15) is 19.1 Å². The highest BCUT2D eigenvalue weighted by Gasteiger charge is 2.23. The molecule has 4 N–H and O–H groups in total. The first kappa shape index (κ1) is 17.1. The minimum atomic E-state index is -1.42. The Kier molecular flexibility index (Phi) is 6.23. The zero-order chi connectivity index (χ0) is 13.9. The third-order valence-electron chi connectivity index (χ3n) is 2.38. The summed E-state index contributed by atoms with van der Waals surface area (Å²) in [6.07, 6.45) is -0.371. The van der Waals surface area contributed by atoms with Gasteiger partial charge in [0, 0.05) is 11.6 Å². The van der Waals surface area contributed by atoms with Gasteiger partial charge in [0.15, 0.2) is 0 Å². The van der Waals surface area contributed by atoms with Crippen molar-refractivity contribution in [1.82, 2.24) is 0 Å². The Balaban J connectivity index is 0.00000324. The summed E-state index contributed by atoms with van der Waals surface area (Å²) in [7, 11) is 1.14. The number of esters is 1. The fourth-order valence-electron chi connectivity index (χ4n) is 1.47. The zero-order valence-corrected chi connectivity index (χ0v) is 10.7. The summed E-state index contributed by atoms with van der Waals surface area (Å²) < 4.78 is 17.9. The number of ether oxygens (including phenoxy) is 1. The number of halogens is 2. The Labute approximate surface area is 114 Å². The molecule has 0 bridgehead atoms. The number of nitrogens with two attached hydrogens (primary N) is 1. The smallest absolute Gasteiger partial charge is 0.339 e. The number of methoxy groups -OCH3 is 1. The van der Waals surface area contributed by atoms with Crippen molar-refractivity contribution in [3.8, 4) is 5.75 Å². The van der Waals surface area contributed by atoms with Gasteiger partial charge in [0.1, 0.15) is 17.1 Å². The summed E-state index contributed by atoms with van der Waals surface area (Å²) in [5.74, 6) is -3.77. The summed E-state index contributed by atoms with van der Waals surface area (Å²) in [5.41, 5.74) is 4.65. The van der Waals surface area contributed by atoms with E-state index in [2.05, 4.69) is 4.74 Å². The second-order valence-corrected chi connectivity index (χ2v) is 3.55. The van der Waals surface area contributed by atoms with Crippen LogP contribution in [0, 0.1) is 5.82 Å². The fraction of sp³-hybridized carbons (Fsp3) is 0.273. The van der Waals surface area contributed by atoms with Gasteiger partial charge in [0.2, 0.25) is 0 Å². The molecule has 0 unspecified atom stereocenters. The number of hydrogen-bond acceptors (Lipinski definition) is 5. The molecule has 0 spiro atoms. The quantitative estimate of drug-likeness (QED) is 0.720. The molecular weight excluding hydrogens is 281 g/mol. The molecule has 0 aromatic heterocycles. The highest BCUT2D eigenvalue weighted by Crippen LogP contribution is 2.31. The molecule has 6 nitrogen and oxygen atoms in total. The van der Waals surface area contributed by atoms with Gasteiger partial charge in [-0.1, -0.05) is 0 Å². The van der Waals surface area contributed by atoms with E-state index in [1.165, 1.54) is 0 Å². The summed E-state index contributed by atoms with van der Waals surface area (Å²) >= 11 is 0. The Bertz CT molecular complexity index is 494. The largest absolute Gasteiger partial charge is 0.507 e. The van der Waals surface area contributed by atoms with Gasteiger partial charge < -0.3 is 20.7 Å². The molecule has 1 aromatic rings. The van der Waals surface area contributed by atoms with Crippen LogP contribution < -0.4 is 5.73 Å². The molecule has 1 aromatic carbocycles. The summed E-state index contributed by atoms with van der Waals surface area (Å²) in [6.45, 7) is 0. The van der Waals surface area contributed by atoms with Crippen molar-refractivity contribution in [2.45, 2.75) is 12.5 Å². The maximum Gasteiger partial charge on any atom is 0.339 e. The average Bonchev–Trinajstić information content (AvgIpc) is 2.28. The van der Waals surface area contributed by atoms with Crippen LogP contribution in [0.3, 0.4) is 0 Å². The van der Waals surface area contributed by atoms with E-state index in [4.69, 9.17) is 10.8 Å². The zero-order valence-electron chi connectivity index (χ0n) is 9.92. The van der Waals surface area contributed by atoms with Crippen LogP contribution in [-0.2, 0) is 9.53 Å². The second-order valence-electron chi connectivity index (χ2n) is 3.55. The highest BCUT2D eigenvalue weighted by molar-refractivity contribution is 5.91. The van der Waals surface area contributed by atoms with Crippen LogP contribution in [0.4, 0.5) is 4.39 Å². The van der Waals surface area contributed by atoms with E-state index in [0.29, 0.717) is 0 Å². The number of aromatic carboxylic acids is 1. The Morgan fingerprint density at radius 2 is 2.05 bits per heavy atom. The van der Waals surface area contributed by atoms with Gasteiger partial charge >= 0.3 is 11.9 Å². The van der Waals surface area contributed by atoms with E-state index in [1.807, 2.05) is 0 Å². The van der Waals surface area contributed by atoms with Gasteiger partial charge in [0.05, 0.1) is 13.5 Å². The lowest BCUT2D eigenvalue weighted by Crippen LogP contribution is -2.18. The number of hydrogen-bond donors (Lipinski definition) is 3. The molecular formula is C11H13ClFNO5. The van der Waals surface area contributed by atoms with Crippen molar-refractivity contribution in [2.75, 3.05) is 7.11 Å². The van der Waals surface area contributed by atoms with Gasteiger partial charge in [-0.3, -0.25) is 4.79 Å². The molecule has 8 heteroatoms. The van der Waals surface area contributed by atoms with E-state index < -0.39 is 40.7 Å². The molecule has 19 heavy (non-hydrogen) atoms. The fourth-order valence-corrected chi connectivity index (χ4v) is 1.47.